The summed E-state index contributed by atoms with van der Waals surface area (Å²) in [7, 11) is 0. The van der Waals surface area contributed by atoms with Crippen LogP contribution in [0.15, 0.2) is 22.7 Å². The fourth-order valence-electron chi connectivity index (χ4n) is 1.29. The van der Waals surface area contributed by atoms with E-state index in [0.717, 1.165) is 0 Å². The van der Waals surface area contributed by atoms with Crippen LogP contribution in [0.25, 0.3) is 11.3 Å². The average Bonchev–Trinajstić information content (AvgIpc) is 2.53. The van der Waals surface area contributed by atoms with Gasteiger partial charge in [-0.25, -0.2) is 4.39 Å². The van der Waals surface area contributed by atoms with Crippen molar-refractivity contribution in [1.82, 2.24) is 5.16 Å². The number of anilines is 1. The standard InChI is InChI=1S/C10H8ClFN2O/c1-5-9(14-15-10(5)13)6-3-2-4-7(11)8(6)12/h2-4H,13H2,1H3. The third-order valence-corrected chi connectivity index (χ3v) is 2.46. The van der Waals surface area contributed by atoms with Crippen LogP contribution >= 0.6 is 11.6 Å². The van der Waals surface area contributed by atoms with Crippen molar-refractivity contribution in [2.24, 2.45) is 0 Å². The SMILES string of the molecule is Cc1c(-c2cccc(Cl)c2F)noc1N. The lowest BCUT2D eigenvalue weighted by atomic mass is 10.1. The predicted octanol–water partition coefficient (Wildman–Crippen LogP) is 3.02. The van der Waals surface area contributed by atoms with Crippen molar-refractivity contribution in [3.8, 4) is 11.3 Å². The molecule has 5 heteroatoms. The molecule has 0 aliphatic rings. The minimum absolute atomic E-state index is 0.0495. The summed E-state index contributed by atoms with van der Waals surface area (Å²) in [5.41, 5.74) is 6.76. The van der Waals surface area contributed by atoms with Crippen LogP contribution in [-0.2, 0) is 0 Å². The normalized spacial score (nSPS) is 10.6. The molecule has 2 rings (SSSR count). The lowest BCUT2D eigenvalue weighted by molar-refractivity contribution is 0.438. The van der Waals surface area contributed by atoms with Crippen molar-refractivity contribution in [2.45, 2.75) is 6.92 Å². The Morgan fingerprint density at radius 3 is 2.80 bits per heavy atom. The highest BCUT2D eigenvalue weighted by Gasteiger charge is 2.16. The maximum atomic E-state index is 13.6. The van der Waals surface area contributed by atoms with Gasteiger partial charge in [0.05, 0.1) is 5.02 Å². The molecular weight excluding hydrogens is 219 g/mol. The molecule has 0 fully saturated rings. The predicted molar refractivity (Wildman–Crippen MR) is 56.1 cm³/mol. The zero-order chi connectivity index (χ0) is 11.0. The van der Waals surface area contributed by atoms with Gasteiger partial charge in [0.1, 0.15) is 5.69 Å². The van der Waals surface area contributed by atoms with E-state index in [1.807, 2.05) is 0 Å². The lowest BCUT2D eigenvalue weighted by Gasteiger charge is -2.01. The van der Waals surface area contributed by atoms with E-state index in [0.29, 0.717) is 16.8 Å². The second kappa shape index (κ2) is 3.55. The molecule has 15 heavy (non-hydrogen) atoms. The van der Waals surface area contributed by atoms with Crippen LogP contribution in [0.1, 0.15) is 5.56 Å². The number of nitrogens with two attached hydrogens (primary N) is 1. The van der Waals surface area contributed by atoms with Crippen molar-refractivity contribution >= 4 is 17.5 Å². The molecule has 2 aromatic rings. The summed E-state index contributed by atoms with van der Waals surface area (Å²) < 4.78 is 18.4. The molecule has 1 aromatic carbocycles. The van der Waals surface area contributed by atoms with Gasteiger partial charge in [-0.05, 0) is 19.1 Å². The highest BCUT2D eigenvalue weighted by atomic mass is 35.5. The van der Waals surface area contributed by atoms with E-state index in [1.54, 1.807) is 19.1 Å². The molecule has 3 nitrogen and oxygen atoms in total. The van der Waals surface area contributed by atoms with Gasteiger partial charge in [0.15, 0.2) is 5.82 Å². The number of halogens is 2. The maximum Gasteiger partial charge on any atom is 0.225 e. The van der Waals surface area contributed by atoms with Crippen molar-refractivity contribution < 1.29 is 8.91 Å². The van der Waals surface area contributed by atoms with E-state index >= 15 is 0 Å². The first-order valence-corrected chi connectivity index (χ1v) is 4.65. The molecule has 1 heterocycles. The highest BCUT2D eigenvalue weighted by molar-refractivity contribution is 6.31. The first-order chi connectivity index (χ1) is 7.11. The maximum absolute atomic E-state index is 13.6. The Bertz CT molecular complexity index is 510. The summed E-state index contributed by atoms with van der Waals surface area (Å²) >= 11 is 5.66. The molecule has 0 bridgehead atoms. The summed E-state index contributed by atoms with van der Waals surface area (Å²) in [5, 5.41) is 3.74. The van der Waals surface area contributed by atoms with Gasteiger partial charge >= 0.3 is 0 Å². The Hall–Kier alpha value is -1.55. The Morgan fingerprint density at radius 2 is 2.20 bits per heavy atom. The number of aromatic nitrogens is 1. The van der Waals surface area contributed by atoms with Gasteiger partial charge in [-0.15, -0.1) is 0 Å². The van der Waals surface area contributed by atoms with Crippen LogP contribution in [0.5, 0.6) is 0 Å². The molecule has 0 amide bonds. The van der Waals surface area contributed by atoms with E-state index in [2.05, 4.69) is 5.16 Å². The molecule has 0 saturated carbocycles. The van der Waals surface area contributed by atoms with Crippen LogP contribution in [0, 0.1) is 12.7 Å². The average molecular weight is 227 g/mol. The van der Waals surface area contributed by atoms with Crippen LogP contribution in [-0.4, -0.2) is 5.16 Å². The number of nitrogen functional groups attached to an aromatic ring is 1. The zero-order valence-corrected chi connectivity index (χ0v) is 8.68. The van der Waals surface area contributed by atoms with E-state index in [1.165, 1.54) is 6.07 Å². The van der Waals surface area contributed by atoms with Gasteiger partial charge in [0.2, 0.25) is 5.88 Å². The van der Waals surface area contributed by atoms with Crippen molar-refractivity contribution in [1.29, 1.82) is 0 Å². The molecule has 1 aromatic heterocycles. The first kappa shape index (κ1) is 9.98. The number of hydrogen-bond donors (Lipinski definition) is 1. The smallest absolute Gasteiger partial charge is 0.225 e. The Labute approximate surface area is 90.6 Å². The third-order valence-electron chi connectivity index (χ3n) is 2.17. The third kappa shape index (κ3) is 1.57. The number of nitrogens with zero attached hydrogens (tertiary/aromatic N) is 1. The highest BCUT2D eigenvalue weighted by Crippen LogP contribution is 2.30. The van der Waals surface area contributed by atoms with Gasteiger partial charge < -0.3 is 10.3 Å². The summed E-state index contributed by atoms with van der Waals surface area (Å²) in [4.78, 5) is 0. The van der Waals surface area contributed by atoms with Crippen molar-refractivity contribution in [3.63, 3.8) is 0 Å². The molecular formula is C10H8ClFN2O. The summed E-state index contributed by atoms with van der Waals surface area (Å²) in [6.07, 6.45) is 0. The molecule has 0 radical (unpaired) electrons. The molecule has 78 valence electrons. The molecule has 0 atom stereocenters. The number of rotatable bonds is 1. The van der Waals surface area contributed by atoms with Crippen molar-refractivity contribution in [3.05, 3.63) is 34.6 Å². The molecule has 0 spiro atoms. The summed E-state index contributed by atoms with van der Waals surface area (Å²) in [6, 6.07) is 4.69. The number of benzene rings is 1. The minimum atomic E-state index is -0.518. The van der Waals surface area contributed by atoms with E-state index in [9.17, 15) is 4.39 Å². The molecule has 0 saturated heterocycles. The van der Waals surface area contributed by atoms with Gasteiger partial charge in [0.25, 0.3) is 0 Å². The molecule has 0 unspecified atom stereocenters. The first-order valence-electron chi connectivity index (χ1n) is 4.27. The van der Waals surface area contributed by atoms with Gasteiger partial charge in [-0.1, -0.05) is 22.8 Å². The second-order valence-corrected chi connectivity index (χ2v) is 3.53. The Morgan fingerprint density at radius 1 is 1.47 bits per heavy atom. The quantitative estimate of drug-likeness (QED) is 0.813. The van der Waals surface area contributed by atoms with E-state index in [4.69, 9.17) is 21.9 Å². The second-order valence-electron chi connectivity index (χ2n) is 3.12. The van der Waals surface area contributed by atoms with Gasteiger partial charge in [-0.3, -0.25) is 0 Å². The Kier molecular flexibility index (Phi) is 2.36. The van der Waals surface area contributed by atoms with Crippen LogP contribution in [0.2, 0.25) is 5.02 Å². The van der Waals surface area contributed by atoms with Crippen molar-refractivity contribution in [2.75, 3.05) is 5.73 Å². The van der Waals surface area contributed by atoms with E-state index in [-0.39, 0.29) is 10.9 Å². The minimum Gasteiger partial charge on any atom is -0.367 e. The molecule has 0 aliphatic heterocycles. The largest absolute Gasteiger partial charge is 0.367 e. The van der Waals surface area contributed by atoms with Gasteiger partial charge in [0, 0.05) is 11.1 Å². The monoisotopic (exact) mass is 226 g/mol. The fourth-order valence-corrected chi connectivity index (χ4v) is 1.46. The number of hydrogen-bond acceptors (Lipinski definition) is 3. The van der Waals surface area contributed by atoms with Crippen LogP contribution < -0.4 is 5.73 Å². The van der Waals surface area contributed by atoms with Gasteiger partial charge in [-0.2, -0.15) is 0 Å². The lowest BCUT2D eigenvalue weighted by Crippen LogP contribution is -1.89. The summed E-state index contributed by atoms with van der Waals surface area (Å²) in [6.45, 7) is 1.71. The van der Waals surface area contributed by atoms with Crippen LogP contribution in [0.4, 0.5) is 10.3 Å². The summed E-state index contributed by atoms with van der Waals surface area (Å²) in [5.74, 6) is -0.333. The van der Waals surface area contributed by atoms with Crippen LogP contribution in [0.3, 0.4) is 0 Å². The van der Waals surface area contributed by atoms with E-state index < -0.39 is 5.82 Å². The Balaban J connectivity index is 2.64. The molecule has 0 aliphatic carbocycles. The zero-order valence-electron chi connectivity index (χ0n) is 7.92. The fraction of sp³-hybridized carbons (Fsp3) is 0.100. The topological polar surface area (TPSA) is 52.0 Å². The molecule has 2 N–H and O–H groups in total.